The number of hydrogen-bond acceptors (Lipinski definition) is 5. The Balaban J connectivity index is 1.74. The second kappa shape index (κ2) is 6.92. The SMILES string of the molecule is Cc1cc(C)c2c(n1)sc1c(NCC3CCCCC3)nn(CCO)c12. The summed E-state index contributed by atoms with van der Waals surface area (Å²) in [4.78, 5) is 5.79. The fraction of sp³-hybridized carbons (Fsp3) is 0.579. The zero-order valence-electron chi connectivity index (χ0n) is 15.0. The van der Waals surface area contributed by atoms with Gasteiger partial charge in [-0.2, -0.15) is 5.10 Å². The molecule has 0 spiro atoms. The van der Waals surface area contributed by atoms with Crippen molar-refractivity contribution in [2.75, 3.05) is 18.5 Å². The summed E-state index contributed by atoms with van der Waals surface area (Å²) in [6, 6.07) is 2.12. The molecule has 0 unspecified atom stereocenters. The monoisotopic (exact) mass is 358 g/mol. The average molecular weight is 359 g/mol. The summed E-state index contributed by atoms with van der Waals surface area (Å²) in [6.07, 6.45) is 6.73. The lowest BCUT2D eigenvalue weighted by molar-refractivity contribution is 0.272. The van der Waals surface area contributed by atoms with E-state index in [9.17, 15) is 5.11 Å². The summed E-state index contributed by atoms with van der Waals surface area (Å²) >= 11 is 1.71. The predicted molar refractivity (Wildman–Crippen MR) is 105 cm³/mol. The number of pyridine rings is 1. The first-order chi connectivity index (χ1) is 12.2. The minimum absolute atomic E-state index is 0.0918. The molecule has 5 nitrogen and oxygen atoms in total. The molecule has 1 fully saturated rings. The smallest absolute Gasteiger partial charge is 0.166 e. The highest BCUT2D eigenvalue weighted by atomic mass is 32.1. The van der Waals surface area contributed by atoms with Gasteiger partial charge in [0.25, 0.3) is 0 Å². The molecule has 0 saturated heterocycles. The lowest BCUT2D eigenvalue weighted by atomic mass is 9.89. The van der Waals surface area contributed by atoms with Crippen LogP contribution in [0.5, 0.6) is 0 Å². The molecular weight excluding hydrogens is 332 g/mol. The third-order valence-electron chi connectivity index (χ3n) is 5.25. The first kappa shape index (κ1) is 16.8. The number of anilines is 1. The zero-order chi connectivity index (χ0) is 17.4. The summed E-state index contributed by atoms with van der Waals surface area (Å²) < 4.78 is 3.11. The predicted octanol–water partition coefficient (Wildman–Crippen LogP) is 4.25. The fourth-order valence-electron chi connectivity index (χ4n) is 4.05. The number of aromatic nitrogens is 3. The van der Waals surface area contributed by atoms with Gasteiger partial charge < -0.3 is 10.4 Å². The molecule has 25 heavy (non-hydrogen) atoms. The second-order valence-electron chi connectivity index (χ2n) is 7.22. The molecule has 1 saturated carbocycles. The van der Waals surface area contributed by atoms with Gasteiger partial charge in [0.2, 0.25) is 0 Å². The summed E-state index contributed by atoms with van der Waals surface area (Å²) in [6.45, 7) is 5.77. The number of aryl methyl sites for hydroxylation is 2. The Labute approximate surface area is 152 Å². The third kappa shape index (κ3) is 3.13. The molecular formula is C19H26N4OS. The highest BCUT2D eigenvalue weighted by Gasteiger charge is 2.20. The van der Waals surface area contributed by atoms with Gasteiger partial charge in [0, 0.05) is 17.6 Å². The number of hydrogen-bond donors (Lipinski definition) is 2. The Hall–Kier alpha value is -1.66. The maximum absolute atomic E-state index is 9.45. The van der Waals surface area contributed by atoms with E-state index in [0.29, 0.717) is 6.54 Å². The van der Waals surface area contributed by atoms with E-state index < -0.39 is 0 Å². The number of aliphatic hydroxyl groups is 1. The molecule has 4 rings (SSSR count). The molecule has 0 bridgehead atoms. The molecule has 1 aliphatic carbocycles. The molecule has 0 aliphatic heterocycles. The van der Waals surface area contributed by atoms with Crippen LogP contribution in [0.4, 0.5) is 5.82 Å². The quantitative estimate of drug-likeness (QED) is 0.716. The van der Waals surface area contributed by atoms with Crippen molar-refractivity contribution in [3.63, 3.8) is 0 Å². The van der Waals surface area contributed by atoms with Crippen molar-refractivity contribution in [2.24, 2.45) is 5.92 Å². The molecule has 0 aromatic carbocycles. The van der Waals surface area contributed by atoms with Crippen LogP contribution in [0.1, 0.15) is 43.4 Å². The van der Waals surface area contributed by atoms with Gasteiger partial charge in [0.1, 0.15) is 4.83 Å². The van der Waals surface area contributed by atoms with Crippen molar-refractivity contribution in [2.45, 2.75) is 52.5 Å². The van der Waals surface area contributed by atoms with E-state index in [1.54, 1.807) is 11.3 Å². The van der Waals surface area contributed by atoms with Crippen LogP contribution in [-0.4, -0.2) is 33.0 Å². The van der Waals surface area contributed by atoms with Crippen LogP contribution < -0.4 is 5.32 Å². The minimum Gasteiger partial charge on any atom is -0.394 e. The van der Waals surface area contributed by atoms with E-state index in [4.69, 9.17) is 10.1 Å². The Kier molecular flexibility index (Phi) is 4.65. The first-order valence-corrected chi connectivity index (χ1v) is 10.1. The van der Waals surface area contributed by atoms with Crippen molar-refractivity contribution in [3.8, 4) is 0 Å². The number of thiophene rings is 1. The summed E-state index contributed by atoms with van der Waals surface area (Å²) in [5.74, 6) is 1.71. The Morgan fingerprint density at radius 2 is 2.08 bits per heavy atom. The Bertz CT molecular complexity index is 892. The van der Waals surface area contributed by atoms with Gasteiger partial charge in [0.15, 0.2) is 5.82 Å². The van der Waals surface area contributed by atoms with Gasteiger partial charge >= 0.3 is 0 Å². The molecule has 3 aromatic rings. The molecule has 0 radical (unpaired) electrons. The first-order valence-electron chi connectivity index (χ1n) is 9.29. The molecule has 1 aliphatic rings. The van der Waals surface area contributed by atoms with Crippen LogP contribution in [0.2, 0.25) is 0 Å². The molecule has 3 aromatic heterocycles. The number of nitrogens with one attached hydrogen (secondary N) is 1. The third-order valence-corrected chi connectivity index (χ3v) is 6.33. The van der Waals surface area contributed by atoms with Gasteiger partial charge in [-0.25, -0.2) is 4.98 Å². The van der Waals surface area contributed by atoms with Crippen LogP contribution in [0.3, 0.4) is 0 Å². The van der Waals surface area contributed by atoms with Gasteiger partial charge in [-0.1, -0.05) is 19.3 Å². The second-order valence-corrected chi connectivity index (χ2v) is 8.22. The zero-order valence-corrected chi connectivity index (χ0v) is 15.8. The topological polar surface area (TPSA) is 63.0 Å². The van der Waals surface area contributed by atoms with Gasteiger partial charge in [-0.05, 0) is 44.2 Å². The van der Waals surface area contributed by atoms with Crippen molar-refractivity contribution < 1.29 is 5.11 Å². The molecule has 2 N–H and O–H groups in total. The van der Waals surface area contributed by atoms with Gasteiger partial charge in [0.05, 0.1) is 23.4 Å². The average Bonchev–Trinajstić information content (AvgIpc) is 3.12. The van der Waals surface area contributed by atoms with Crippen LogP contribution in [0, 0.1) is 19.8 Å². The normalized spacial score (nSPS) is 16.1. The maximum Gasteiger partial charge on any atom is 0.166 e. The highest BCUT2D eigenvalue weighted by molar-refractivity contribution is 7.26. The number of rotatable bonds is 5. The van der Waals surface area contributed by atoms with Crippen LogP contribution in [0.25, 0.3) is 20.4 Å². The summed E-state index contributed by atoms with van der Waals surface area (Å²) in [5.41, 5.74) is 3.39. The van der Waals surface area contributed by atoms with Crippen molar-refractivity contribution >= 4 is 37.6 Å². The van der Waals surface area contributed by atoms with Gasteiger partial charge in [-0.15, -0.1) is 11.3 Å². The lowest BCUT2D eigenvalue weighted by Crippen LogP contribution is -2.17. The van der Waals surface area contributed by atoms with E-state index in [0.717, 1.165) is 34.3 Å². The summed E-state index contributed by atoms with van der Waals surface area (Å²) in [5, 5.41) is 19.0. The molecule has 0 atom stereocenters. The summed E-state index contributed by atoms with van der Waals surface area (Å²) in [7, 11) is 0. The van der Waals surface area contributed by atoms with Crippen molar-refractivity contribution in [3.05, 3.63) is 17.3 Å². The Morgan fingerprint density at radius 1 is 1.28 bits per heavy atom. The number of aliphatic hydroxyl groups excluding tert-OH is 1. The van der Waals surface area contributed by atoms with Gasteiger partial charge in [-0.3, -0.25) is 4.68 Å². The van der Waals surface area contributed by atoms with Crippen molar-refractivity contribution in [1.82, 2.24) is 14.8 Å². The fourth-order valence-corrected chi connectivity index (χ4v) is 5.31. The van der Waals surface area contributed by atoms with E-state index in [2.05, 4.69) is 18.3 Å². The number of fused-ring (bicyclic) bond motifs is 3. The molecule has 3 heterocycles. The van der Waals surface area contributed by atoms with E-state index >= 15 is 0 Å². The molecule has 0 amide bonds. The van der Waals surface area contributed by atoms with E-state index in [1.807, 2.05) is 11.6 Å². The number of nitrogens with zero attached hydrogens (tertiary/aromatic N) is 3. The van der Waals surface area contributed by atoms with Crippen LogP contribution >= 0.6 is 11.3 Å². The minimum atomic E-state index is 0.0918. The van der Waals surface area contributed by atoms with Crippen LogP contribution in [0.15, 0.2) is 6.07 Å². The van der Waals surface area contributed by atoms with E-state index in [-0.39, 0.29) is 6.61 Å². The lowest BCUT2D eigenvalue weighted by Gasteiger charge is -2.21. The molecule has 134 valence electrons. The standard InChI is InChI=1S/C19H26N4OS/c1-12-10-13(2)21-19-15(12)16-17(25-19)18(22-23(16)8-9-24)20-11-14-6-4-3-5-7-14/h10,14,24H,3-9,11H2,1-2H3,(H,20,22). The van der Waals surface area contributed by atoms with E-state index in [1.165, 1.54) is 47.8 Å². The Morgan fingerprint density at radius 3 is 2.84 bits per heavy atom. The molecule has 6 heteroatoms. The maximum atomic E-state index is 9.45. The van der Waals surface area contributed by atoms with Crippen molar-refractivity contribution in [1.29, 1.82) is 0 Å². The highest BCUT2D eigenvalue weighted by Crippen LogP contribution is 2.39. The largest absolute Gasteiger partial charge is 0.394 e. The van der Waals surface area contributed by atoms with Crippen LogP contribution in [-0.2, 0) is 6.54 Å².